The van der Waals surface area contributed by atoms with Crippen LogP contribution in [0.2, 0.25) is 0 Å². The zero-order chi connectivity index (χ0) is 17.2. The normalized spacial score (nSPS) is 20.2. The number of hydrazone groups is 1. The predicted molar refractivity (Wildman–Crippen MR) is 95.6 cm³/mol. The van der Waals surface area contributed by atoms with Gasteiger partial charge in [0.15, 0.2) is 0 Å². The second-order valence-electron chi connectivity index (χ2n) is 6.67. The van der Waals surface area contributed by atoms with Crippen LogP contribution in [0.3, 0.4) is 0 Å². The highest BCUT2D eigenvalue weighted by atomic mass is 16.2. The summed E-state index contributed by atoms with van der Waals surface area (Å²) in [6, 6.07) is 7.97. The van der Waals surface area contributed by atoms with Crippen LogP contribution in [-0.2, 0) is 6.54 Å². The zero-order valence-electron chi connectivity index (χ0n) is 14.4. The molecule has 130 valence electrons. The van der Waals surface area contributed by atoms with Gasteiger partial charge in [0.05, 0.1) is 24.5 Å². The van der Waals surface area contributed by atoms with Crippen molar-refractivity contribution in [3.8, 4) is 0 Å². The van der Waals surface area contributed by atoms with Crippen molar-refractivity contribution in [2.45, 2.75) is 38.8 Å². The summed E-state index contributed by atoms with van der Waals surface area (Å²) in [7, 11) is 0. The quantitative estimate of drug-likeness (QED) is 0.857. The first-order valence-electron chi connectivity index (χ1n) is 8.77. The molecule has 7 heteroatoms. The van der Waals surface area contributed by atoms with E-state index in [2.05, 4.69) is 15.4 Å². The highest BCUT2D eigenvalue weighted by Gasteiger charge is 2.30. The Hall–Kier alpha value is -2.70. The van der Waals surface area contributed by atoms with Crippen molar-refractivity contribution < 1.29 is 4.79 Å². The van der Waals surface area contributed by atoms with Gasteiger partial charge in [0.1, 0.15) is 0 Å². The van der Waals surface area contributed by atoms with Crippen molar-refractivity contribution in [1.82, 2.24) is 19.9 Å². The largest absolute Gasteiger partial charge is 0.334 e. The average Bonchev–Trinajstić information content (AvgIpc) is 3.37. The number of anilines is 1. The number of benzene rings is 1. The second-order valence-corrected chi connectivity index (χ2v) is 6.67. The highest BCUT2D eigenvalue weighted by Crippen LogP contribution is 2.24. The van der Waals surface area contributed by atoms with Crippen LogP contribution in [0.4, 0.5) is 5.69 Å². The lowest BCUT2D eigenvalue weighted by Gasteiger charge is -2.25. The van der Waals surface area contributed by atoms with Crippen LogP contribution in [0.25, 0.3) is 0 Å². The van der Waals surface area contributed by atoms with Crippen molar-refractivity contribution in [2.75, 3.05) is 18.1 Å². The van der Waals surface area contributed by atoms with Crippen LogP contribution in [-0.4, -0.2) is 50.6 Å². The van der Waals surface area contributed by atoms with E-state index in [0.29, 0.717) is 6.54 Å². The average molecular weight is 338 g/mol. The second kappa shape index (κ2) is 6.66. The summed E-state index contributed by atoms with van der Waals surface area (Å²) in [5, 5.41) is 14.4. The van der Waals surface area contributed by atoms with E-state index in [4.69, 9.17) is 0 Å². The first-order valence-corrected chi connectivity index (χ1v) is 8.77. The van der Waals surface area contributed by atoms with Gasteiger partial charge in [-0.3, -0.25) is 14.5 Å². The Labute approximate surface area is 146 Å². The molecule has 0 radical (unpaired) electrons. The van der Waals surface area contributed by atoms with Gasteiger partial charge < -0.3 is 4.90 Å². The van der Waals surface area contributed by atoms with Gasteiger partial charge in [-0.15, -0.1) is 5.10 Å². The fraction of sp³-hybridized carbons (Fsp3) is 0.444. The van der Waals surface area contributed by atoms with Crippen molar-refractivity contribution in [3.05, 3.63) is 42.2 Å². The minimum atomic E-state index is 0.0928. The van der Waals surface area contributed by atoms with Gasteiger partial charge >= 0.3 is 0 Å². The molecule has 2 aliphatic heterocycles. The number of aromatic nitrogens is 3. The molecule has 0 unspecified atom stereocenters. The number of nitrogens with zero attached hydrogens (tertiary/aromatic N) is 6. The predicted octanol–water partition coefficient (Wildman–Crippen LogP) is 2.17. The third kappa shape index (κ3) is 3.26. The molecule has 1 saturated heterocycles. The molecular weight excluding hydrogens is 316 g/mol. The van der Waals surface area contributed by atoms with Crippen molar-refractivity contribution in [2.24, 2.45) is 5.10 Å². The molecule has 0 saturated carbocycles. The number of carbonyl (C=O) groups is 1. The zero-order valence-corrected chi connectivity index (χ0v) is 14.4. The van der Waals surface area contributed by atoms with Crippen LogP contribution in [0, 0.1) is 0 Å². The van der Waals surface area contributed by atoms with E-state index in [-0.39, 0.29) is 11.9 Å². The number of hydrogen-bond acceptors (Lipinski definition) is 5. The maximum absolute atomic E-state index is 12.9. The Bertz CT molecular complexity index is 767. The molecule has 7 nitrogen and oxygen atoms in total. The van der Waals surface area contributed by atoms with Crippen LogP contribution in [0.5, 0.6) is 0 Å². The molecule has 4 rings (SSSR count). The van der Waals surface area contributed by atoms with Gasteiger partial charge in [-0.25, -0.2) is 0 Å². The van der Waals surface area contributed by atoms with Crippen molar-refractivity contribution in [3.63, 3.8) is 0 Å². The fourth-order valence-electron chi connectivity index (χ4n) is 3.54. The summed E-state index contributed by atoms with van der Waals surface area (Å²) in [6.07, 6.45) is 6.55. The minimum Gasteiger partial charge on any atom is -0.334 e. The maximum Gasteiger partial charge on any atom is 0.254 e. The van der Waals surface area contributed by atoms with Crippen molar-refractivity contribution in [1.29, 1.82) is 0 Å². The van der Waals surface area contributed by atoms with E-state index < -0.39 is 0 Å². The Kier molecular flexibility index (Phi) is 4.21. The summed E-state index contributed by atoms with van der Waals surface area (Å²) >= 11 is 0. The number of hydrogen-bond donors (Lipinski definition) is 0. The van der Waals surface area contributed by atoms with Gasteiger partial charge in [-0.2, -0.15) is 5.10 Å². The van der Waals surface area contributed by atoms with Gasteiger partial charge in [-0.05, 0) is 44.0 Å². The van der Waals surface area contributed by atoms with Crippen LogP contribution < -0.4 is 5.01 Å². The fourth-order valence-corrected chi connectivity index (χ4v) is 3.54. The SMILES string of the molecule is CC1=NN(c2ccc(C(=O)N3CCC[C@H]3Cn3ccnn3)cc2)CC1. The van der Waals surface area contributed by atoms with E-state index in [1.807, 2.05) is 47.3 Å². The maximum atomic E-state index is 12.9. The molecule has 2 aromatic rings. The van der Waals surface area contributed by atoms with E-state index >= 15 is 0 Å². The molecular formula is C18H22N6O. The van der Waals surface area contributed by atoms with Crippen LogP contribution in [0.1, 0.15) is 36.5 Å². The summed E-state index contributed by atoms with van der Waals surface area (Å²) in [4.78, 5) is 14.9. The molecule has 1 fully saturated rings. The monoisotopic (exact) mass is 338 g/mol. The molecule has 1 aromatic carbocycles. The molecule has 1 amide bonds. The molecule has 0 aliphatic carbocycles. The Balaban J connectivity index is 1.46. The van der Waals surface area contributed by atoms with E-state index in [9.17, 15) is 4.79 Å². The van der Waals surface area contributed by atoms with Gasteiger partial charge in [0.2, 0.25) is 0 Å². The molecule has 1 aromatic heterocycles. The molecule has 0 bridgehead atoms. The first-order chi connectivity index (χ1) is 12.2. The Morgan fingerprint density at radius 2 is 2.08 bits per heavy atom. The van der Waals surface area contributed by atoms with Gasteiger partial charge in [-0.1, -0.05) is 5.21 Å². The smallest absolute Gasteiger partial charge is 0.254 e. The Morgan fingerprint density at radius 3 is 2.76 bits per heavy atom. The van der Waals surface area contributed by atoms with Crippen molar-refractivity contribution >= 4 is 17.3 Å². The summed E-state index contributed by atoms with van der Waals surface area (Å²) in [6.45, 7) is 4.45. The molecule has 2 aliphatic rings. The third-order valence-electron chi connectivity index (χ3n) is 4.90. The number of amides is 1. The van der Waals surface area contributed by atoms with Crippen LogP contribution in [0.15, 0.2) is 41.8 Å². The molecule has 3 heterocycles. The molecule has 1 atom stereocenters. The molecule has 0 N–H and O–H groups in total. The lowest BCUT2D eigenvalue weighted by molar-refractivity contribution is 0.0721. The van der Waals surface area contributed by atoms with E-state index in [0.717, 1.165) is 49.3 Å². The van der Waals surface area contributed by atoms with Gasteiger partial charge in [0, 0.05) is 37.0 Å². The molecule has 25 heavy (non-hydrogen) atoms. The van der Waals surface area contributed by atoms with Crippen LogP contribution >= 0.6 is 0 Å². The summed E-state index contributed by atoms with van der Waals surface area (Å²) < 4.78 is 1.80. The highest BCUT2D eigenvalue weighted by molar-refractivity contribution is 5.95. The molecule has 0 spiro atoms. The lowest BCUT2D eigenvalue weighted by atomic mass is 10.1. The van der Waals surface area contributed by atoms with Gasteiger partial charge in [0.25, 0.3) is 5.91 Å². The standard InChI is InChI=1S/C18H22N6O/c1-14-8-11-24(20-14)16-6-4-15(5-7-16)18(25)23-10-2-3-17(23)13-22-12-9-19-21-22/h4-7,9,12,17H,2-3,8,10-11,13H2,1H3/t17-/m0/s1. The Morgan fingerprint density at radius 1 is 1.24 bits per heavy atom. The number of carbonyl (C=O) groups excluding carboxylic acids is 1. The third-order valence-corrected chi connectivity index (χ3v) is 4.90. The topological polar surface area (TPSA) is 66.6 Å². The first kappa shape index (κ1) is 15.8. The summed E-state index contributed by atoms with van der Waals surface area (Å²) in [5.74, 6) is 0.0928. The minimum absolute atomic E-state index is 0.0928. The van der Waals surface area contributed by atoms with E-state index in [1.165, 1.54) is 0 Å². The number of rotatable bonds is 4. The number of likely N-dealkylation sites (tertiary alicyclic amines) is 1. The lowest BCUT2D eigenvalue weighted by Crippen LogP contribution is -2.38. The summed E-state index contributed by atoms with van der Waals surface area (Å²) in [5.41, 5.74) is 2.91. The van der Waals surface area contributed by atoms with E-state index in [1.54, 1.807) is 10.9 Å².